The Morgan fingerprint density at radius 3 is 2.67 bits per heavy atom. The minimum atomic E-state index is -0.278. The van der Waals surface area contributed by atoms with Gasteiger partial charge in [-0.25, -0.2) is 0 Å². The fraction of sp³-hybridized carbons (Fsp3) is 0.235. The fourth-order valence-electron chi connectivity index (χ4n) is 1.83. The molecule has 5 nitrogen and oxygen atoms in total. The van der Waals surface area contributed by atoms with Gasteiger partial charge in [0.05, 0.1) is 18.7 Å². The molecule has 2 aromatic rings. The largest absolute Gasteiger partial charge is 0.497 e. The van der Waals surface area contributed by atoms with Crippen molar-refractivity contribution in [2.45, 2.75) is 0 Å². The highest BCUT2D eigenvalue weighted by atomic mass is 35.5. The molecule has 0 aromatic heterocycles. The number of hydrogen-bond donors (Lipinski definition) is 1. The molecule has 1 N–H and O–H groups in total. The van der Waals surface area contributed by atoms with Crippen molar-refractivity contribution in [3.05, 3.63) is 52.5 Å². The van der Waals surface area contributed by atoms with E-state index < -0.39 is 0 Å². The van der Waals surface area contributed by atoms with Crippen LogP contribution in [-0.2, 0) is 4.79 Å². The molecule has 2 aromatic carbocycles. The van der Waals surface area contributed by atoms with Crippen LogP contribution in [0.5, 0.6) is 17.2 Å². The zero-order valence-corrected chi connectivity index (χ0v) is 14.6. The number of carbonyl (C=O) groups excluding carboxylic acids is 1. The summed E-state index contributed by atoms with van der Waals surface area (Å²) in [4.78, 5) is 11.7. The molecule has 0 radical (unpaired) electrons. The summed E-state index contributed by atoms with van der Waals surface area (Å²) in [5.74, 6) is 1.47. The maximum absolute atomic E-state index is 11.7. The normalized spacial score (nSPS) is 10.1. The second kappa shape index (κ2) is 9.25. The van der Waals surface area contributed by atoms with Crippen LogP contribution in [0.1, 0.15) is 0 Å². The van der Waals surface area contributed by atoms with E-state index in [0.717, 1.165) is 0 Å². The molecule has 0 aliphatic carbocycles. The van der Waals surface area contributed by atoms with Gasteiger partial charge in [0.2, 0.25) is 0 Å². The highest BCUT2D eigenvalue weighted by Gasteiger charge is 2.06. The average molecular weight is 370 g/mol. The molecule has 0 heterocycles. The van der Waals surface area contributed by atoms with Crippen LogP contribution in [0.2, 0.25) is 10.0 Å². The molecule has 0 bridgehead atoms. The first-order chi connectivity index (χ1) is 11.6. The van der Waals surface area contributed by atoms with Crippen LogP contribution in [0.15, 0.2) is 42.5 Å². The quantitative estimate of drug-likeness (QED) is 0.722. The molecular weight excluding hydrogens is 353 g/mol. The van der Waals surface area contributed by atoms with Gasteiger partial charge in [0.1, 0.15) is 23.9 Å². The van der Waals surface area contributed by atoms with Gasteiger partial charge < -0.3 is 19.5 Å². The summed E-state index contributed by atoms with van der Waals surface area (Å²) >= 11 is 11.8. The van der Waals surface area contributed by atoms with Crippen molar-refractivity contribution in [2.75, 3.05) is 26.9 Å². The third-order valence-electron chi connectivity index (χ3n) is 2.99. The lowest BCUT2D eigenvalue weighted by Gasteiger charge is -2.10. The van der Waals surface area contributed by atoms with E-state index in [9.17, 15) is 4.79 Å². The van der Waals surface area contributed by atoms with Gasteiger partial charge in [-0.05, 0) is 24.3 Å². The Balaban J connectivity index is 1.68. The fourth-order valence-corrected chi connectivity index (χ4v) is 2.17. The second-order valence-corrected chi connectivity index (χ2v) is 5.58. The summed E-state index contributed by atoms with van der Waals surface area (Å²) in [5, 5.41) is 3.57. The van der Waals surface area contributed by atoms with Gasteiger partial charge >= 0.3 is 0 Å². The van der Waals surface area contributed by atoms with E-state index in [1.807, 2.05) is 18.2 Å². The van der Waals surface area contributed by atoms with Gasteiger partial charge in [0.15, 0.2) is 6.61 Å². The van der Waals surface area contributed by atoms with Gasteiger partial charge in [-0.1, -0.05) is 29.3 Å². The molecule has 0 unspecified atom stereocenters. The summed E-state index contributed by atoms with van der Waals surface area (Å²) in [7, 11) is 1.59. The van der Waals surface area contributed by atoms with Crippen LogP contribution in [0.25, 0.3) is 0 Å². The van der Waals surface area contributed by atoms with Crippen molar-refractivity contribution in [3.8, 4) is 17.2 Å². The first kappa shape index (κ1) is 18.2. The van der Waals surface area contributed by atoms with E-state index >= 15 is 0 Å². The zero-order chi connectivity index (χ0) is 17.4. The van der Waals surface area contributed by atoms with E-state index in [0.29, 0.717) is 40.4 Å². The highest BCUT2D eigenvalue weighted by Crippen LogP contribution is 2.27. The number of hydrogen-bond acceptors (Lipinski definition) is 4. The first-order valence-electron chi connectivity index (χ1n) is 7.20. The van der Waals surface area contributed by atoms with Gasteiger partial charge in [-0.3, -0.25) is 4.79 Å². The van der Waals surface area contributed by atoms with Crippen LogP contribution < -0.4 is 19.5 Å². The number of rotatable bonds is 8. The standard InChI is InChI=1S/C17H17Cl2NO4/c1-22-13-3-2-4-14(10-13)23-8-7-20-17(21)11-24-16-9-12(18)5-6-15(16)19/h2-6,9-10H,7-8,11H2,1H3,(H,20,21). The van der Waals surface area contributed by atoms with E-state index in [4.69, 9.17) is 37.4 Å². The van der Waals surface area contributed by atoms with Gasteiger partial charge in [0.25, 0.3) is 5.91 Å². The molecule has 0 fully saturated rings. The van der Waals surface area contributed by atoms with Gasteiger partial charge in [0, 0.05) is 17.2 Å². The predicted octanol–water partition coefficient (Wildman–Crippen LogP) is 3.58. The van der Waals surface area contributed by atoms with E-state index in [1.54, 1.807) is 31.4 Å². The number of methoxy groups -OCH3 is 1. The third-order valence-corrected chi connectivity index (χ3v) is 3.53. The van der Waals surface area contributed by atoms with Crippen LogP contribution in [0.4, 0.5) is 0 Å². The van der Waals surface area contributed by atoms with Crippen LogP contribution in [0, 0.1) is 0 Å². The molecule has 1 amide bonds. The van der Waals surface area contributed by atoms with Gasteiger partial charge in [-0.2, -0.15) is 0 Å². The Morgan fingerprint density at radius 1 is 1.08 bits per heavy atom. The summed E-state index contributed by atoms with van der Waals surface area (Å²) in [5.41, 5.74) is 0. The topological polar surface area (TPSA) is 56.8 Å². The molecule has 0 saturated heterocycles. The lowest BCUT2D eigenvalue weighted by molar-refractivity contribution is -0.123. The number of amides is 1. The maximum atomic E-state index is 11.7. The van der Waals surface area contributed by atoms with Crippen molar-refractivity contribution in [2.24, 2.45) is 0 Å². The molecule has 7 heteroatoms. The number of halogens is 2. The average Bonchev–Trinajstić information content (AvgIpc) is 2.59. The molecule has 0 spiro atoms. The van der Waals surface area contributed by atoms with Crippen LogP contribution >= 0.6 is 23.2 Å². The minimum absolute atomic E-state index is 0.154. The van der Waals surface area contributed by atoms with Crippen molar-refractivity contribution >= 4 is 29.1 Å². The van der Waals surface area contributed by atoms with Crippen LogP contribution in [0.3, 0.4) is 0 Å². The number of ether oxygens (including phenoxy) is 3. The van der Waals surface area contributed by atoms with Crippen molar-refractivity contribution in [3.63, 3.8) is 0 Å². The van der Waals surface area contributed by atoms with Crippen LogP contribution in [-0.4, -0.2) is 32.8 Å². The molecule has 0 saturated carbocycles. The lowest BCUT2D eigenvalue weighted by Crippen LogP contribution is -2.32. The third kappa shape index (κ3) is 5.83. The van der Waals surface area contributed by atoms with Crippen molar-refractivity contribution in [1.82, 2.24) is 5.32 Å². The number of nitrogens with one attached hydrogen (secondary N) is 1. The lowest BCUT2D eigenvalue weighted by atomic mass is 10.3. The Labute approximate surface area is 150 Å². The Bertz CT molecular complexity index is 694. The summed E-state index contributed by atoms with van der Waals surface area (Å²) in [6, 6.07) is 12.1. The Morgan fingerprint density at radius 2 is 1.88 bits per heavy atom. The number of benzene rings is 2. The first-order valence-corrected chi connectivity index (χ1v) is 7.95. The summed E-state index contributed by atoms with van der Waals surface area (Å²) < 4.78 is 16.0. The molecule has 128 valence electrons. The molecule has 0 aliphatic heterocycles. The molecular formula is C17H17Cl2NO4. The predicted molar refractivity (Wildman–Crippen MR) is 93.5 cm³/mol. The molecule has 0 aliphatic rings. The van der Waals surface area contributed by atoms with E-state index in [-0.39, 0.29) is 12.5 Å². The molecule has 0 atom stereocenters. The smallest absolute Gasteiger partial charge is 0.258 e. The second-order valence-electron chi connectivity index (χ2n) is 4.74. The Kier molecular flexibility index (Phi) is 7.03. The molecule has 2 rings (SSSR count). The van der Waals surface area contributed by atoms with Gasteiger partial charge in [-0.15, -0.1) is 0 Å². The van der Waals surface area contributed by atoms with E-state index in [1.165, 1.54) is 0 Å². The SMILES string of the molecule is COc1cccc(OCCNC(=O)COc2cc(Cl)ccc2Cl)c1. The minimum Gasteiger partial charge on any atom is -0.497 e. The van der Waals surface area contributed by atoms with Crippen molar-refractivity contribution < 1.29 is 19.0 Å². The van der Waals surface area contributed by atoms with Crippen molar-refractivity contribution in [1.29, 1.82) is 0 Å². The highest BCUT2D eigenvalue weighted by molar-refractivity contribution is 6.34. The summed E-state index contributed by atoms with van der Waals surface area (Å²) in [6.45, 7) is 0.527. The molecule has 24 heavy (non-hydrogen) atoms. The maximum Gasteiger partial charge on any atom is 0.258 e. The monoisotopic (exact) mass is 369 g/mol. The Hall–Kier alpha value is -2.11. The number of carbonyl (C=O) groups is 1. The van der Waals surface area contributed by atoms with E-state index in [2.05, 4.69) is 5.32 Å². The summed E-state index contributed by atoms with van der Waals surface area (Å²) in [6.07, 6.45) is 0. The zero-order valence-electron chi connectivity index (χ0n) is 13.1.